The van der Waals surface area contributed by atoms with Gasteiger partial charge < -0.3 is 9.84 Å². The Morgan fingerprint density at radius 2 is 2.03 bits per heavy atom. The molecule has 1 aliphatic carbocycles. The van der Waals surface area contributed by atoms with Crippen molar-refractivity contribution in [1.29, 1.82) is 0 Å². The zero-order chi connectivity index (χ0) is 21.5. The average molecular weight is 418 g/mol. The fraction of sp³-hybridized carbons (Fsp3) is 0.217. The maximum atomic E-state index is 14.1. The van der Waals surface area contributed by atoms with E-state index in [1.807, 2.05) is 12.1 Å². The molecule has 4 aromatic rings. The zero-order valence-electron chi connectivity index (χ0n) is 16.8. The molecule has 0 radical (unpaired) electrons. The normalized spacial score (nSPS) is 13.5. The van der Waals surface area contributed by atoms with Gasteiger partial charge in [-0.15, -0.1) is 0 Å². The second kappa shape index (κ2) is 7.46. The Morgan fingerprint density at radius 1 is 1.23 bits per heavy atom. The topological polar surface area (TPSA) is 90.0 Å². The molecule has 2 heterocycles. The SMILES string of the molecule is Cc1ccc(NC(=O)Cn2c(=O)cc(-c3nc(C4CC4)no3)c3ccccc32)c(F)c1. The second-order valence-corrected chi connectivity index (χ2v) is 7.76. The number of halogens is 1. The molecule has 0 atom stereocenters. The summed E-state index contributed by atoms with van der Waals surface area (Å²) in [7, 11) is 0. The Hall–Kier alpha value is -3.81. The van der Waals surface area contributed by atoms with E-state index in [1.54, 1.807) is 25.1 Å². The van der Waals surface area contributed by atoms with Gasteiger partial charge in [-0.1, -0.05) is 29.4 Å². The maximum absolute atomic E-state index is 14.1. The number of aryl methyl sites for hydroxylation is 1. The van der Waals surface area contributed by atoms with Crippen molar-refractivity contribution in [3.63, 3.8) is 0 Å². The molecular formula is C23H19FN4O3. The summed E-state index contributed by atoms with van der Waals surface area (Å²) in [6, 6.07) is 13.1. The number of rotatable bonds is 5. The predicted molar refractivity (Wildman–Crippen MR) is 113 cm³/mol. The first-order chi connectivity index (χ1) is 15.0. The molecule has 2 aromatic carbocycles. The number of nitrogens with one attached hydrogen (secondary N) is 1. The molecule has 5 rings (SSSR count). The third-order valence-electron chi connectivity index (χ3n) is 5.33. The van der Waals surface area contributed by atoms with Crippen molar-refractivity contribution in [1.82, 2.24) is 14.7 Å². The number of hydrogen-bond acceptors (Lipinski definition) is 5. The van der Waals surface area contributed by atoms with Gasteiger partial charge in [0, 0.05) is 17.4 Å². The van der Waals surface area contributed by atoms with Gasteiger partial charge in [0.2, 0.25) is 5.91 Å². The number of benzene rings is 2. The number of pyridine rings is 1. The van der Waals surface area contributed by atoms with E-state index in [4.69, 9.17) is 4.52 Å². The molecule has 0 aliphatic heterocycles. The highest BCUT2D eigenvalue weighted by molar-refractivity contribution is 5.95. The Morgan fingerprint density at radius 3 is 2.81 bits per heavy atom. The van der Waals surface area contributed by atoms with Gasteiger partial charge >= 0.3 is 0 Å². The van der Waals surface area contributed by atoms with Gasteiger partial charge in [-0.25, -0.2) is 4.39 Å². The number of fused-ring (bicyclic) bond motifs is 1. The van der Waals surface area contributed by atoms with Crippen molar-refractivity contribution in [2.24, 2.45) is 0 Å². The van der Waals surface area contributed by atoms with Gasteiger partial charge in [0.05, 0.1) is 16.8 Å². The molecule has 0 unspecified atom stereocenters. The van der Waals surface area contributed by atoms with Gasteiger partial charge in [-0.3, -0.25) is 14.2 Å². The molecule has 1 aliphatic rings. The third-order valence-corrected chi connectivity index (χ3v) is 5.33. The molecule has 1 amide bonds. The molecule has 0 spiro atoms. The lowest BCUT2D eigenvalue weighted by atomic mass is 10.1. The van der Waals surface area contributed by atoms with Crippen molar-refractivity contribution in [2.45, 2.75) is 32.2 Å². The van der Waals surface area contributed by atoms with Crippen molar-refractivity contribution in [2.75, 3.05) is 5.32 Å². The summed E-state index contributed by atoms with van der Waals surface area (Å²) in [6.07, 6.45) is 2.08. The highest BCUT2D eigenvalue weighted by Gasteiger charge is 2.29. The predicted octanol–water partition coefficient (Wildman–Crippen LogP) is 4.02. The first-order valence-corrected chi connectivity index (χ1v) is 10.0. The van der Waals surface area contributed by atoms with E-state index < -0.39 is 11.7 Å². The van der Waals surface area contributed by atoms with Crippen LogP contribution in [0.25, 0.3) is 22.4 Å². The molecule has 8 heteroatoms. The Balaban J connectivity index is 1.50. The monoisotopic (exact) mass is 418 g/mol. The fourth-order valence-electron chi connectivity index (χ4n) is 3.58. The van der Waals surface area contributed by atoms with E-state index in [9.17, 15) is 14.0 Å². The van der Waals surface area contributed by atoms with E-state index >= 15 is 0 Å². The van der Waals surface area contributed by atoms with Crippen LogP contribution in [0.2, 0.25) is 0 Å². The van der Waals surface area contributed by atoms with Crippen LogP contribution < -0.4 is 10.9 Å². The van der Waals surface area contributed by atoms with Crippen LogP contribution in [0.3, 0.4) is 0 Å². The molecule has 0 saturated heterocycles. The number of anilines is 1. The average Bonchev–Trinajstić information content (AvgIpc) is 3.49. The second-order valence-electron chi connectivity index (χ2n) is 7.76. The fourth-order valence-corrected chi connectivity index (χ4v) is 3.58. The summed E-state index contributed by atoms with van der Waals surface area (Å²) < 4.78 is 20.8. The van der Waals surface area contributed by atoms with Crippen LogP contribution in [0, 0.1) is 12.7 Å². The Labute approximate surface area is 176 Å². The van der Waals surface area contributed by atoms with Crippen LogP contribution in [0.15, 0.2) is 57.8 Å². The summed E-state index contributed by atoms with van der Waals surface area (Å²) in [5.41, 5.74) is 1.51. The summed E-state index contributed by atoms with van der Waals surface area (Å²) in [5.74, 6) is 0.242. The number of carbonyl (C=O) groups excluding carboxylic acids is 1. The van der Waals surface area contributed by atoms with Gasteiger partial charge in [0.25, 0.3) is 11.4 Å². The van der Waals surface area contributed by atoms with E-state index in [1.165, 1.54) is 22.8 Å². The molecule has 156 valence electrons. The highest BCUT2D eigenvalue weighted by Crippen LogP contribution is 2.39. The van der Waals surface area contributed by atoms with E-state index in [-0.39, 0.29) is 23.7 Å². The summed E-state index contributed by atoms with van der Waals surface area (Å²) in [4.78, 5) is 29.9. The zero-order valence-corrected chi connectivity index (χ0v) is 16.8. The van der Waals surface area contributed by atoms with Crippen molar-refractivity contribution >= 4 is 22.5 Å². The van der Waals surface area contributed by atoms with Gasteiger partial charge in [-0.05, 0) is 43.5 Å². The summed E-state index contributed by atoms with van der Waals surface area (Å²) >= 11 is 0. The molecule has 31 heavy (non-hydrogen) atoms. The van der Waals surface area contributed by atoms with Crippen LogP contribution in [0.4, 0.5) is 10.1 Å². The molecule has 7 nitrogen and oxygen atoms in total. The number of aromatic nitrogens is 3. The first-order valence-electron chi connectivity index (χ1n) is 10.0. The van der Waals surface area contributed by atoms with Crippen molar-refractivity contribution in [3.8, 4) is 11.5 Å². The van der Waals surface area contributed by atoms with Gasteiger partial charge in [0.15, 0.2) is 5.82 Å². The number of hydrogen-bond donors (Lipinski definition) is 1. The smallest absolute Gasteiger partial charge is 0.258 e. The van der Waals surface area contributed by atoms with Crippen molar-refractivity contribution in [3.05, 3.63) is 76.1 Å². The van der Waals surface area contributed by atoms with Crippen LogP contribution in [0.5, 0.6) is 0 Å². The largest absolute Gasteiger partial charge is 0.334 e. The van der Waals surface area contributed by atoms with Crippen LogP contribution in [0.1, 0.15) is 30.1 Å². The third kappa shape index (κ3) is 3.72. The van der Waals surface area contributed by atoms with Crippen LogP contribution >= 0.6 is 0 Å². The standard InChI is InChI=1S/C23H19FN4O3/c1-13-6-9-18(17(24)10-13)25-20(29)12-28-19-5-3-2-4-15(19)16(11-21(28)30)23-26-22(27-31-23)14-7-8-14/h2-6,9-11,14H,7-8,12H2,1H3,(H,25,29). The van der Waals surface area contributed by atoms with Crippen LogP contribution in [-0.2, 0) is 11.3 Å². The molecule has 0 bridgehead atoms. The maximum Gasteiger partial charge on any atom is 0.258 e. The number of nitrogens with zero attached hydrogens (tertiary/aromatic N) is 3. The molecule has 1 N–H and O–H groups in total. The van der Waals surface area contributed by atoms with E-state index in [0.29, 0.717) is 28.2 Å². The van der Waals surface area contributed by atoms with Gasteiger partial charge in [0.1, 0.15) is 12.4 Å². The lowest BCUT2D eigenvalue weighted by molar-refractivity contribution is -0.116. The van der Waals surface area contributed by atoms with E-state index in [2.05, 4.69) is 15.5 Å². The number of para-hydroxylation sites is 1. The minimum atomic E-state index is -0.524. The minimum Gasteiger partial charge on any atom is -0.334 e. The number of amides is 1. The molecule has 1 fully saturated rings. The highest BCUT2D eigenvalue weighted by atomic mass is 19.1. The molecule has 2 aromatic heterocycles. The first kappa shape index (κ1) is 19.2. The lowest BCUT2D eigenvalue weighted by Crippen LogP contribution is -2.28. The number of carbonyl (C=O) groups is 1. The Bertz CT molecular complexity index is 1370. The summed E-state index contributed by atoms with van der Waals surface area (Å²) in [5, 5.41) is 7.27. The van der Waals surface area contributed by atoms with Gasteiger partial charge in [-0.2, -0.15) is 4.98 Å². The molecule has 1 saturated carbocycles. The van der Waals surface area contributed by atoms with E-state index in [0.717, 1.165) is 18.4 Å². The quantitative estimate of drug-likeness (QED) is 0.529. The van der Waals surface area contributed by atoms with Crippen molar-refractivity contribution < 1.29 is 13.7 Å². The summed E-state index contributed by atoms with van der Waals surface area (Å²) in [6.45, 7) is 1.50. The minimum absolute atomic E-state index is 0.0723. The molecular weight excluding hydrogens is 399 g/mol. The lowest BCUT2D eigenvalue weighted by Gasteiger charge is -2.13. The Kier molecular flexibility index (Phi) is 4.62. The van der Waals surface area contributed by atoms with Crippen LogP contribution in [-0.4, -0.2) is 20.6 Å².